The molecule has 4 aromatic rings. The lowest BCUT2D eigenvalue weighted by Crippen LogP contribution is -2.03. The van der Waals surface area contributed by atoms with Crippen LogP contribution < -0.4 is 4.74 Å². The zero-order chi connectivity index (χ0) is 21.0. The smallest absolute Gasteiger partial charge is 0.220 e. The standard InChI is InChI=1S/C24H21NO4S/c1-2-30(26,27)21-13-14-23-22(16-21)25-24(29-23)15-10-18-8-11-20(12-9-18)28-17-19-6-4-3-5-7-19/h3-16H,2,17H2,1H3/b15-10+. The molecule has 0 atom stereocenters. The zero-order valence-electron chi connectivity index (χ0n) is 16.5. The fourth-order valence-electron chi connectivity index (χ4n) is 2.94. The van der Waals surface area contributed by atoms with E-state index in [1.807, 2.05) is 60.7 Å². The van der Waals surface area contributed by atoms with Crippen LogP contribution in [0.2, 0.25) is 0 Å². The highest BCUT2D eigenvalue weighted by atomic mass is 32.2. The van der Waals surface area contributed by atoms with Gasteiger partial charge in [0, 0.05) is 6.08 Å². The number of hydrogen-bond acceptors (Lipinski definition) is 5. The van der Waals surface area contributed by atoms with Gasteiger partial charge in [0.1, 0.15) is 17.9 Å². The molecule has 4 rings (SSSR count). The Balaban J connectivity index is 1.44. The molecule has 0 amide bonds. The van der Waals surface area contributed by atoms with Gasteiger partial charge in [-0.2, -0.15) is 0 Å². The number of hydrogen-bond donors (Lipinski definition) is 0. The third-order valence-corrected chi connectivity index (χ3v) is 6.39. The molecule has 0 aliphatic heterocycles. The Morgan fingerprint density at radius 2 is 1.73 bits per heavy atom. The van der Waals surface area contributed by atoms with Crippen molar-refractivity contribution in [1.29, 1.82) is 0 Å². The molecule has 1 heterocycles. The molecule has 6 heteroatoms. The number of aromatic nitrogens is 1. The van der Waals surface area contributed by atoms with Crippen LogP contribution in [-0.2, 0) is 16.4 Å². The van der Waals surface area contributed by atoms with Crippen LogP contribution in [0.1, 0.15) is 23.9 Å². The number of fused-ring (bicyclic) bond motifs is 1. The predicted molar refractivity (Wildman–Crippen MR) is 118 cm³/mol. The van der Waals surface area contributed by atoms with E-state index in [1.165, 1.54) is 0 Å². The predicted octanol–water partition coefficient (Wildman–Crippen LogP) is 5.37. The van der Waals surface area contributed by atoms with Gasteiger partial charge in [-0.15, -0.1) is 0 Å². The molecule has 0 saturated carbocycles. The second-order valence-electron chi connectivity index (χ2n) is 6.76. The number of nitrogens with zero attached hydrogens (tertiary/aromatic N) is 1. The van der Waals surface area contributed by atoms with E-state index in [9.17, 15) is 8.42 Å². The lowest BCUT2D eigenvalue weighted by molar-refractivity contribution is 0.306. The minimum absolute atomic E-state index is 0.0498. The Bertz CT molecular complexity index is 1270. The summed E-state index contributed by atoms with van der Waals surface area (Å²) >= 11 is 0. The quantitative estimate of drug-likeness (QED) is 0.403. The Hall–Kier alpha value is -3.38. The van der Waals surface area contributed by atoms with Crippen LogP contribution in [0.4, 0.5) is 0 Å². The van der Waals surface area contributed by atoms with Gasteiger partial charge in [-0.05, 0) is 47.5 Å². The first-order chi connectivity index (χ1) is 14.5. The molecular weight excluding hydrogens is 398 g/mol. The summed E-state index contributed by atoms with van der Waals surface area (Å²) in [6.07, 6.45) is 3.64. The topological polar surface area (TPSA) is 69.4 Å². The molecule has 152 valence electrons. The average molecular weight is 420 g/mol. The van der Waals surface area contributed by atoms with Crippen molar-refractivity contribution in [2.75, 3.05) is 5.75 Å². The first-order valence-electron chi connectivity index (χ1n) is 9.62. The van der Waals surface area contributed by atoms with Gasteiger partial charge in [0.15, 0.2) is 15.4 Å². The van der Waals surface area contributed by atoms with E-state index in [-0.39, 0.29) is 10.6 Å². The molecule has 3 aromatic carbocycles. The monoisotopic (exact) mass is 419 g/mol. The van der Waals surface area contributed by atoms with E-state index in [0.29, 0.717) is 23.6 Å². The summed E-state index contributed by atoms with van der Waals surface area (Å²) in [5.74, 6) is 1.26. The van der Waals surface area contributed by atoms with E-state index >= 15 is 0 Å². The number of rotatable bonds is 7. The van der Waals surface area contributed by atoms with Gasteiger partial charge >= 0.3 is 0 Å². The maximum Gasteiger partial charge on any atom is 0.220 e. The fourth-order valence-corrected chi connectivity index (χ4v) is 3.84. The third-order valence-electron chi connectivity index (χ3n) is 4.66. The fraction of sp³-hybridized carbons (Fsp3) is 0.125. The van der Waals surface area contributed by atoms with Gasteiger partial charge in [0.05, 0.1) is 10.6 Å². The molecule has 0 aliphatic carbocycles. The second kappa shape index (κ2) is 8.55. The van der Waals surface area contributed by atoms with Crippen molar-refractivity contribution >= 4 is 33.1 Å². The van der Waals surface area contributed by atoms with Crippen molar-refractivity contribution < 1.29 is 17.6 Å². The summed E-state index contributed by atoms with van der Waals surface area (Å²) in [6.45, 7) is 2.14. The Labute approximate surface area is 175 Å². The van der Waals surface area contributed by atoms with Crippen molar-refractivity contribution in [2.45, 2.75) is 18.4 Å². The van der Waals surface area contributed by atoms with Gasteiger partial charge < -0.3 is 9.15 Å². The largest absolute Gasteiger partial charge is 0.489 e. The van der Waals surface area contributed by atoms with Crippen LogP contribution in [0.25, 0.3) is 23.3 Å². The number of ether oxygens (including phenoxy) is 1. The van der Waals surface area contributed by atoms with E-state index < -0.39 is 9.84 Å². The molecule has 0 fully saturated rings. The Morgan fingerprint density at radius 3 is 2.47 bits per heavy atom. The lowest BCUT2D eigenvalue weighted by atomic mass is 10.2. The number of oxazole rings is 1. The highest BCUT2D eigenvalue weighted by Gasteiger charge is 2.14. The maximum atomic E-state index is 12.0. The molecule has 1 aromatic heterocycles. The summed E-state index contributed by atoms with van der Waals surface area (Å²) in [5.41, 5.74) is 3.16. The summed E-state index contributed by atoms with van der Waals surface area (Å²) in [4.78, 5) is 4.63. The SMILES string of the molecule is CCS(=O)(=O)c1ccc2oc(/C=C/c3ccc(OCc4ccccc4)cc3)nc2c1. The van der Waals surface area contributed by atoms with Gasteiger partial charge in [-0.1, -0.05) is 49.4 Å². The number of sulfone groups is 1. The molecule has 0 N–H and O–H groups in total. The van der Waals surface area contributed by atoms with E-state index in [1.54, 1.807) is 31.2 Å². The second-order valence-corrected chi connectivity index (χ2v) is 9.04. The summed E-state index contributed by atoms with van der Waals surface area (Å²) in [6, 6.07) is 22.5. The minimum Gasteiger partial charge on any atom is -0.489 e. The summed E-state index contributed by atoms with van der Waals surface area (Å²) in [5, 5.41) is 0. The highest BCUT2D eigenvalue weighted by molar-refractivity contribution is 7.91. The first-order valence-corrected chi connectivity index (χ1v) is 11.3. The van der Waals surface area contributed by atoms with Gasteiger partial charge in [0.2, 0.25) is 5.89 Å². The van der Waals surface area contributed by atoms with Crippen LogP contribution >= 0.6 is 0 Å². The van der Waals surface area contributed by atoms with Crippen molar-refractivity contribution in [2.24, 2.45) is 0 Å². The van der Waals surface area contributed by atoms with Crippen LogP contribution in [0, 0.1) is 0 Å². The number of benzene rings is 3. The molecule has 0 saturated heterocycles. The van der Waals surface area contributed by atoms with Gasteiger partial charge in [0.25, 0.3) is 0 Å². The van der Waals surface area contributed by atoms with Crippen molar-refractivity contribution in [1.82, 2.24) is 4.98 Å². The molecule has 0 unspecified atom stereocenters. The molecule has 30 heavy (non-hydrogen) atoms. The van der Waals surface area contributed by atoms with Crippen molar-refractivity contribution in [3.8, 4) is 5.75 Å². The first kappa shape index (κ1) is 19.9. The Morgan fingerprint density at radius 1 is 0.967 bits per heavy atom. The normalized spacial score (nSPS) is 11.9. The van der Waals surface area contributed by atoms with Gasteiger partial charge in [-0.25, -0.2) is 13.4 Å². The van der Waals surface area contributed by atoms with Crippen molar-refractivity contribution in [3.63, 3.8) is 0 Å². The van der Waals surface area contributed by atoms with Crippen LogP contribution in [0.5, 0.6) is 5.75 Å². The summed E-state index contributed by atoms with van der Waals surface area (Å²) in [7, 11) is -3.27. The third kappa shape index (κ3) is 4.60. The molecule has 0 aliphatic rings. The van der Waals surface area contributed by atoms with Crippen LogP contribution in [0.3, 0.4) is 0 Å². The van der Waals surface area contributed by atoms with E-state index in [2.05, 4.69) is 4.98 Å². The summed E-state index contributed by atoms with van der Waals surface area (Å²) < 4.78 is 35.5. The molecule has 0 bridgehead atoms. The van der Waals surface area contributed by atoms with Crippen LogP contribution in [0.15, 0.2) is 82.1 Å². The van der Waals surface area contributed by atoms with Crippen molar-refractivity contribution in [3.05, 3.63) is 89.8 Å². The molecule has 5 nitrogen and oxygen atoms in total. The highest BCUT2D eigenvalue weighted by Crippen LogP contribution is 2.22. The van der Waals surface area contributed by atoms with E-state index in [0.717, 1.165) is 16.9 Å². The minimum atomic E-state index is -3.27. The molecule has 0 radical (unpaired) electrons. The van der Waals surface area contributed by atoms with Crippen LogP contribution in [-0.4, -0.2) is 19.2 Å². The zero-order valence-corrected chi connectivity index (χ0v) is 17.3. The molecular formula is C24H21NO4S. The maximum absolute atomic E-state index is 12.0. The average Bonchev–Trinajstić information content (AvgIpc) is 3.20. The van der Waals surface area contributed by atoms with Gasteiger partial charge in [-0.3, -0.25) is 0 Å². The van der Waals surface area contributed by atoms with E-state index in [4.69, 9.17) is 9.15 Å². The lowest BCUT2D eigenvalue weighted by Gasteiger charge is -2.06. The Kier molecular flexibility index (Phi) is 5.68. The molecule has 0 spiro atoms.